The van der Waals surface area contributed by atoms with Crippen molar-refractivity contribution in [2.24, 2.45) is 0 Å². The average Bonchev–Trinajstić information content (AvgIpc) is 1.55. The average molecular weight is 1210 g/mol. The highest BCUT2D eigenvalue weighted by Crippen LogP contribution is 2.60. The second kappa shape index (κ2) is 22.7. The van der Waals surface area contributed by atoms with E-state index < -0.39 is 57.4 Å². The van der Waals surface area contributed by atoms with E-state index in [0.717, 1.165) is 151 Å². The van der Waals surface area contributed by atoms with Crippen LogP contribution < -0.4 is 0 Å². The SMILES string of the molecule is CCCCCCCCn1c2ccc(C3(c4ccccc4)c4cc(-c5cc(F)cc(F)c5)ccc4-c4ccc(-c5cc(F)cc(F)c5)cc43)cc2c2cc(C3(c4ccccc4)c4cc(-c5cc(F)cc(F)c5)ccc4-c4ccc(-c5cc(F)cc(F)c5)cc43)ccc21. The van der Waals surface area contributed by atoms with Gasteiger partial charge in [-0.2, -0.15) is 0 Å². The molecule has 2 aliphatic carbocycles. The van der Waals surface area contributed by atoms with Gasteiger partial charge in [0.1, 0.15) is 46.5 Å². The Morgan fingerprint density at radius 2 is 0.560 bits per heavy atom. The maximum absolute atomic E-state index is 15.3. The molecular formula is C82H57F8N. The summed E-state index contributed by atoms with van der Waals surface area (Å²) in [7, 11) is 0. The molecule has 0 amide bonds. The van der Waals surface area contributed by atoms with Gasteiger partial charge in [-0.25, -0.2) is 35.1 Å². The van der Waals surface area contributed by atoms with Crippen LogP contribution in [0.4, 0.5) is 35.1 Å². The molecule has 0 aliphatic heterocycles. The van der Waals surface area contributed by atoms with Gasteiger partial charge in [-0.05, 0) is 215 Å². The van der Waals surface area contributed by atoms with Crippen LogP contribution in [-0.2, 0) is 17.4 Å². The fourth-order valence-corrected chi connectivity index (χ4v) is 15.1. The van der Waals surface area contributed by atoms with Crippen LogP contribution in [0.1, 0.15) is 90.0 Å². The first-order valence-electron chi connectivity index (χ1n) is 30.9. The molecule has 0 saturated carbocycles. The van der Waals surface area contributed by atoms with E-state index in [9.17, 15) is 0 Å². The van der Waals surface area contributed by atoms with Crippen LogP contribution in [0.15, 0.2) is 243 Å². The molecule has 2 aliphatic rings. The van der Waals surface area contributed by atoms with E-state index in [4.69, 9.17) is 0 Å². The maximum Gasteiger partial charge on any atom is 0.126 e. The number of hydrogen-bond acceptors (Lipinski definition) is 0. The third-order valence-corrected chi connectivity index (χ3v) is 18.9. The quantitative estimate of drug-likeness (QED) is 0.0712. The first kappa shape index (κ1) is 57.3. The number of unbranched alkanes of at least 4 members (excludes halogenated alkanes) is 5. The molecule has 0 N–H and O–H groups in total. The topological polar surface area (TPSA) is 4.93 Å². The Balaban J connectivity index is 1.03. The van der Waals surface area contributed by atoms with Crippen LogP contribution in [0.2, 0.25) is 0 Å². The van der Waals surface area contributed by atoms with Gasteiger partial charge < -0.3 is 4.57 Å². The Morgan fingerprint density at radius 3 is 0.868 bits per heavy atom. The van der Waals surface area contributed by atoms with E-state index in [-0.39, 0.29) is 0 Å². The smallest absolute Gasteiger partial charge is 0.126 e. The summed E-state index contributed by atoms with van der Waals surface area (Å²) in [5, 5.41) is 1.85. The molecule has 0 spiro atoms. The van der Waals surface area contributed by atoms with E-state index in [1.165, 1.54) is 48.5 Å². The van der Waals surface area contributed by atoms with Crippen molar-refractivity contribution in [1.29, 1.82) is 0 Å². The van der Waals surface area contributed by atoms with E-state index in [1.807, 2.05) is 109 Å². The van der Waals surface area contributed by atoms with Crippen molar-refractivity contribution in [3.8, 4) is 66.8 Å². The molecule has 15 rings (SSSR count). The second-order valence-electron chi connectivity index (χ2n) is 24.3. The molecule has 9 heteroatoms. The summed E-state index contributed by atoms with van der Waals surface area (Å²) in [4.78, 5) is 0. The normalized spacial score (nSPS) is 13.4. The Bertz CT molecular complexity index is 4460. The Labute approximate surface area is 522 Å². The van der Waals surface area contributed by atoms with Gasteiger partial charge in [0.2, 0.25) is 0 Å². The lowest BCUT2D eigenvalue weighted by atomic mass is 9.66. The Morgan fingerprint density at radius 1 is 0.264 bits per heavy atom. The van der Waals surface area contributed by atoms with Crippen LogP contribution >= 0.6 is 0 Å². The number of nitrogens with zero attached hydrogens (tertiary/aromatic N) is 1. The highest BCUT2D eigenvalue weighted by Gasteiger charge is 2.49. The molecule has 0 unspecified atom stereocenters. The molecule has 0 radical (unpaired) electrons. The van der Waals surface area contributed by atoms with Gasteiger partial charge in [-0.1, -0.05) is 160 Å². The maximum atomic E-state index is 15.3. The predicted molar refractivity (Wildman–Crippen MR) is 349 cm³/mol. The molecule has 1 nitrogen and oxygen atoms in total. The van der Waals surface area contributed by atoms with Crippen molar-refractivity contribution in [2.75, 3.05) is 0 Å². The lowest BCUT2D eigenvalue weighted by Crippen LogP contribution is -2.29. The fourth-order valence-electron chi connectivity index (χ4n) is 15.1. The van der Waals surface area contributed by atoms with Crippen molar-refractivity contribution in [1.82, 2.24) is 4.57 Å². The van der Waals surface area contributed by atoms with Crippen LogP contribution in [0.3, 0.4) is 0 Å². The third kappa shape index (κ3) is 9.67. The molecule has 0 bridgehead atoms. The standard InChI is InChI=1S/C82H57F8N/c1-2-3-4-5-6-13-30-91-79-28-22-59(81(57-14-9-7-10-15-57)75-39-49(53-31-61(83)45-62(84)32-53)18-24-69(75)70-25-19-50(40-76(70)81)54-33-63(85)46-64(86)34-54)43-73(79)74-44-60(23-29-80(74)91)82(58-16-11-8-12-17-58)77-41-51(55-35-65(87)47-66(88)36-55)20-26-71(77)72-27-21-52(42-78(72)82)56-37-67(89)48-68(90)38-56/h7-12,14-29,31-48H,2-6,13,30H2,1H3. The molecule has 1 aromatic heterocycles. The van der Waals surface area contributed by atoms with Gasteiger partial charge in [0, 0.05) is 52.6 Å². The van der Waals surface area contributed by atoms with Gasteiger partial charge in [0.05, 0.1) is 10.8 Å². The summed E-state index contributed by atoms with van der Waals surface area (Å²) in [6, 6.07) is 70.8. The van der Waals surface area contributed by atoms with Gasteiger partial charge in [-0.15, -0.1) is 0 Å². The zero-order valence-electron chi connectivity index (χ0n) is 49.5. The molecule has 0 atom stereocenters. The van der Waals surface area contributed by atoms with Crippen molar-refractivity contribution in [2.45, 2.75) is 62.8 Å². The second-order valence-corrected chi connectivity index (χ2v) is 24.3. The third-order valence-electron chi connectivity index (χ3n) is 18.9. The molecule has 13 aromatic rings. The summed E-state index contributed by atoms with van der Waals surface area (Å²) >= 11 is 0. The summed E-state index contributed by atoms with van der Waals surface area (Å²) < 4.78 is 124. The Hall–Kier alpha value is -10.1. The van der Waals surface area contributed by atoms with Crippen molar-refractivity contribution in [3.63, 3.8) is 0 Å². The highest BCUT2D eigenvalue weighted by atomic mass is 19.2. The summed E-state index contributed by atoms with van der Waals surface area (Å²) in [6.45, 7) is 2.91. The number of benzene rings is 12. The minimum atomic E-state index is -1.16. The minimum absolute atomic E-state index is 0.350. The summed E-state index contributed by atoms with van der Waals surface area (Å²) in [5.74, 6) is -5.74. The number of hydrogen-bond donors (Lipinski definition) is 0. The summed E-state index contributed by atoms with van der Waals surface area (Å²) in [5.41, 5.74) is 13.6. The number of aryl methyl sites for hydroxylation is 1. The lowest BCUT2D eigenvalue weighted by Gasteiger charge is -2.35. The van der Waals surface area contributed by atoms with Crippen LogP contribution in [0, 0.1) is 46.5 Å². The Kier molecular flexibility index (Phi) is 14.3. The zero-order valence-corrected chi connectivity index (χ0v) is 49.5. The number of fused-ring (bicyclic) bond motifs is 9. The number of aromatic nitrogens is 1. The molecule has 12 aromatic carbocycles. The number of rotatable bonds is 15. The van der Waals surface area contributed by atoms with E-state index in [2.05, 4.69) is 72.2 Å². The summed E-state index contributed by atoms with van der Waals surface area (Å²) in [6.07, 6.45) is 6.46. The zero-order chi connectivity index (χ0) is 62.3. The highest BCUT2D eigenvalue weighted by molar-refractivity contribution is 6.09. The van der Waals surface area contributed by atoms with Gasteiger partial charge in [0.15, 0.2) is 0 Å². The predicted octanol–water partition coefficient (Wildman–Crippen LogP) is 22.7. The van der Waals surface area contributed by atoms with Gasteiger partial charge in [-0.3, -0.25) is 0 Å². The first-order valence-corrected chi connectivity index (χ1v) is 30.9. The van der Waals surface area contributed by atoms with Crippen molar-refractivity contribution < 1.29 is 35.1 Å². The van der Waals surface area contributed by atoms with E-state index >= 15 is 35.1 Å². The molecule has 0 fully saturated rings. The first-order chi connectivity index (χ1) is 44.3. The molecule has 1 heterocycles. The van der Waals surface area contributed by atoms with E-state index in [1.54, 1.807) is 0 Å². The molecule has 0 saturated heterocycles. The number of halogens is 8. The van der Waals surface area contributed by atoms with Gasteiger partial charge in [0.25, 0.3) is 0 Å². The van der Waals surface area contributed by atoms with Crippen molar-refractivity contribution >= 4 is 21.8 Å². The van der Waals surface area contributed by atoms with E-state index in [0.29, 0.717) is 51.1 Å². The lowest BCUT2D eigenvalue weighted by molar-refractivity contribution is 0.571. The van der Waals surface area contributed by atoms with Crippen LogP contribution in [0.5, 0.6) is 0 Å². The molecule has 91 heavy (non-hydrogen) atoms. The molecule has 446 valence electrons. The fraction of sp³-hybridized carbons (Fsp3) is 0.122. The van der Waals surface area contributed by atoms with Crippen molar-refractivity contribution in [3.05, 3.63) is 334 Å². The van der Waals surface area contributed by atoms with Gasteiger partial charge >= 0.3 is 0 Å². The minimum Gasteiger partial charge on any atom is -0.340 e. The largest absolute Gasteiger partial charge is 0.340 e. The molecular weight excluding hydrogens is 1150 g/mol. The van der Waals surface area contributed by atoms with Crippen LogP contribution in [-0.4, -0.2) is 4.57 Å². The van der Waals surface area contributed by atoms with Crippen LogP contribution in [0.25, 0.3) is 88.6 Å². The monoisotopic (exact) mass is 1210 g/mol.